The van der Waals surface area contributed by atoms with Gasteiger partial charge in [0.25, 0.3) is 0 Å². The van der Waals surface area contributed by atoms with Gasteiger partial charge < -0.3 is 14.2 Å². The second kappa shape index (κ2) is 6.87. The highest BCUT2D eigenvalue weighted by molar-refractivity contribution is 5.89. The molecule has 150 valence electrons. The number of rotatable bonds is 3. The quantitative estimate of drug-likeness (QED) is 0.751. The largest absolute Gasteiger partial charge is 0.461 e. The van der Waals surface area contributed by atoms with Crippen molar-refractivity contribution in [1.82, 2.24) is 4.90 Å². The summed E-state index contributed by atoms with van der Waals surface area (Å²) >= 11 is 0. The van der Waals surface area contributed by atoms with Crippen molar-refractivity contribution >= 4 is 5.97 Å². The highest BCUT2D eigenvalue weighted by atomic mass is 16.7. The molecule has 0 unspecified atom stereocenters. The van der Waals surface area contributed by atoms with E-state index in [-0.39, 0.29) is 29.1 Å². The van der Waals surface area contributed by atoms with Gasteiger partial charge in [-0.3, -0.25) is 4.90 Å². The number of carbonyl (C=O) groups excluding carboxylic acids is 1. The Hall–Kier alpha value is -1.43. The van der Waals surface area contributed by atoms with Gasteiger partial charge in [-0.15, -0.1) is 0 Å². The second-order valence-electron chi connectivity index (χ2n) is 9.78. The van der Waals surface area contributed by atoms with E-state index in [1.165, 1.54) is 0 Å². The minimum atomic E-state index is -0.567. The summed E-state index contributed by atoms with van der Waals surface area (Å²) in [6.07, 6.45) is 1.64. The Morgan fingerprint density at radius 2 is 1.52 bits per heavy atom. The Labute approximate surface area is 163 Å². The highest BCUT2D eigenvalue weighted by Crippen LogP contribution is 2.47. The Kier molecular flexibility index (Phi) is 5.17. The Morgan fingerprint density at radius 1 is 1.00 bits per heavy atom. The van der Waals surface area contributed by atoms with Crippen LogP contribution in [0, 0.1) is 5.41 Å². The van der Waals surface area contributed by atoms with Crippen molar-refractivity contribution in [3.63, 3.8) is 0 Å². The summed E-state index contributed by atoms with van der Waals surface area (Å²) in [4.78, 5) is 14.6. The minimum absolute atomic E-state index is 0.0186. The smallest absolute Gasteiger partial charge is 0.338 e. The van der Waals surface area contributed by atoms with Crippen molar-refractivity contribution in [2.45, 2.75) is 64.3 Å². The number of piperidine rings is 1. The van der Waals surface area contributed by atoms with E-state index in [0.29, 0.717) is 18.8 Å². The summed E-state index contributed by atoms with van der Waals surface area (Å²) in [5, 5.41) is 0. The summed E-state index contributed by atoms with van der Waals surface area (Å²) in [6, 6.07) is 9.06. The molecule has 2 saturated heterocycles. The first-order valence-corrected chi connectivity index (χ1v) is 9.71. The standard InChI is InChI=1S/C22H33NO4/c1-19(2)12-22(13-20(3,4)23(19)6)26-15-21(5,16-27-22)14-25-18(24)17-10-8-7-9-11-17/h7-11H,12-16H2,1-6H3. The molecule has 1 aromatic rings. The van der Waals surface area contributed by atoms with E-state index in [0.717, 1.165) is 12.8 Å². The first-order chi connectivity index (χ1) is 12.5. The van der Waals surface area contributed by atoms with E-state index in [1.54, 1.807) is 12.1 Å². The van der Waals surface area contributed by atoms with Crippen molar-refractivity contribution in [3.8, 4) is 0 Å². The maximum atomic E-state index is 12.2. The van der Waals surface area contributed by atoms with Crippen LogP contribution in [0.1, 0.15) is 57.8 Å². The van der Waals surface area contributed by atoms with Crippen molar-refractivity contribution in [3.05, 3.63) is 35.9 Å². The van der Waals surface area contributed by atoms with Gasteiger partial charge in [0.15, 0.2) is 5.79 Å². The monoisotopic (exact) mass is 375 g/mol. The van der Waals surface area contributed by atoms with Crippen LogP contribution in [-0.4, -0.2) is 54.6 Å². The molecule has 27 heavy (non-hydrogen) atoms. The van der Waals surface area contributed by atoms with E-state index in [1.807, 2.05) is 25.1 Å². The van der Waals surface area contributed by atoms with Gasteiger partial charge in [-0.1, -0.05) is 25.1 Å². The second-order valence-corrected chi connectivity index (χ2v) is 9.78. The molecule has 1 aromatic carbocycles. The molecule has 0 amide bonds. The van der Waals surface area contributed by atoms with Crippen LogP contribution < -0.4 is 0 Å². The maximum Gasteiger partial charge on any atom is 0.338 e. The molecule has 2 heterocycles. The van der Waals surface area contributed by atoms with Crippen LogP contribution in [0.5, 0.6) is 0 Å². The Bertz CT molecular complexity index is 655. The fourth-order valence-corrected chi connectivity index (χ4v) is 4.32. The molecule has 0 aromatic heterocycles. The van der Waals surface area contributed by atoms with Crippen LogP contribution >= 0.6 is 0 Å². The van der Waals surface area contributed by atoms with Crippen molar-refractivity contribution in [2.75, 3.05) is 26.9 Å². The van der Waals surface area contributed by atoms with Gasteiger partial charge >= 0.3 is 5.97 Å². The summed E-state index contributed by atoms with van der Waals surface area (Å²) in [5.74, 6) is -0.874. The maximum absolute atomic E-state index is 12.2. The van der Waals surface area contributed by atoms with Gasteiger partial charge in [0, 0.05) is 29.3 Å². The lowest BCUT2D eigenvalue weighted by molar-refractivity contribution is -0.341. The van der Waals surface area contributed by atoms with E-state index in [9.17, 15) is 4.79 Å². The lowest BCUT2D eigenvalue weighted by Gasteiger charge is -2.59. The number of nitrogens with zero attached hydrogens (tertiary/aromatic N) is 1. The third kappa shape index (κ3) is 4.20. The first-order valence-electron chi connectivity index (χ1n) is 9.71. The molecule has 0 saturated carbocycles. The number of ether oxygens (including phenoxy) is 3. The van der Waals surface area contributed by atoms with E-state index in [4.69, 9.17) is 14.2 Å². The summed E-state index contributed by atoms with van der Waals surface area (Å²) in [7, 11) is 2.17. The molecule has 3 rings (SSSR count). The van der Waals surface area contributed by atoms with E-state index in [2.05, 4.69) is 39.6 Å². The van der Waals surface area contributed by atoms with Crippen LogP contribution in [0.15, 0.2) is 30.3 Å². The van der Waals surface area contributed by atoms with Gasteiger partial charge in [-0.25, -0.2) is 4.79 Å². The number of hydrogen-bond donors (Lipinski definition) is 0. The van der Waals surface area contributed by atoms with E-state index < -0.39 is 5.79 Å². The Morgan fingerprint density at radius 3 is 2.04 bits per heavy atom. The van der Waals surface area contributed by atoms with Crippen LogP contribution in [0.3, 0.4) is 0 Å². The molecule has 1 spiro atoms. The number of hydrogen-bond acceptors (Lipinski definition) is 5. The molecule has 0 radical (unpaired) electrons. The summed E-state index contributed by atoms with van der Waals surface area (Å²) < 4.78 is 18.2. The number of benzene rings is 1. The summed E-state index contributed by atoms with van der Waals surface area (Å²) in [6.45, 7) is 12.3. The third-order valence-electron chi connectivity index (χ3n) is 6.15. The molecule has 2 aliphatic rings. The minimum Gasteiger partial charge on any atom is -0.461 e. The number of esters is 1. The lowest BCUT2D eigenvalue weighted by Crippen LogP contribution is -2.67. The predicted octanol–water partition coefficient (Wildman–Crippen LogP) is 3.88. The molecule has 0 bridgehead atoms. The predicted molar refractivity (Wildman–Crippen MR) is 105 cm³/mol. The van der Waals surface area contributed by atoms with Crippen LogP contribution in [-0.2, 0) is 14.2 Å². The normalized spacial score (nSPS) is 25.9. The zero-order valence-electron chi connectivity index (χ0n) is 17.5. The average molecular weight is 376 g/mol. The van der Waals surface area contributed by atoms with Crippen molar-refractivity contribution < 1.29 is 19.0 Å². The molecule has 2 aliphatic heterocycles. The van der Waals surface area contributed by atoms with E-state index >= 15 is 0 Å². The fraction of sp³-hybridized carbons (Fsp3) is 0.682. The Balaban J connectivity index is 1.61. The van der Waals surface area contributed by atoms with Crippen molar-refractivity contribution in [2.24, 2.45) is 5.41 Å². The number of likely N-dealkylation sites (tertiary alicyclic amines) is 1. The number of carbonyl (C=O) groups is 1. The van der Waals surface area contributed by atoms with Gasteiger partial charge in [-0.05, 0) is 46.9 Å². The van der Waals surface area contributed by atoms with Crippen LogP contribution in [0.2, 0.25) is 0 Å². The third-order valence-corrected chi connectivity index (χ3v) is 6.15. The highest BCUT2D eigenvalue weighted by Gasteiger charge is 2.55. The topological polar surface area (TPSA) is 48.0 Å². The average Bonchev–Trinajstić information content (AvgIpc) is 2.61. The molecule has 0 aliphatic carbocycles. The lowest BCUT2D eigenvalue weighted by atomic mass is 9.75. The van der Waals surface area contributed by atoms with Crippen LogP contribution in [0.4, 0.5) is 0 Å². The SMILES string of the molecule is CN1C(C)(C)CC2(CC1(C)C)OCC(C)(COC(=O)c1ccccc1)CO2. The van der Waals surface area contributed by atoms with Gasteiger partial charge in [0.05, 0.1) is 18.8 Å². The van der Waals surface area contributed by atoms with Gasteiger partial charge in [0.1, 0.15) is 6.61 Å². The molecular formula is C22H33NO4. The zero-order valence-corrected chi connectivity index (χ0v) is 17.5. The first kappa shape index (κ1) is 20.3. The molecule has 2 fully saturated rings. The fourth-order valence-electron chi connectivity index (χ4n) is 4.32. The molecule has 5 nitrogen and oxygen atoms in total. The molecule has 0 N–H and O–H groups in total. The zero-order chi connectivity index (χ0) is 19.9. The van der Waals surface area contributed by atoms with Gasteiger partial charge in [0.2, 0.25) is 0 Å². The van der Waals surface area contributed by atoms with Gasteiger partial charge in [-0.2, -0.15) is 0 Å². The molecule has 0 atom stereocenters. The van der Waals surface area contributed by atoms with Crippen molar-refractivity contribution in [1.29, 1.82) is 0 Å². The van der Waals surface area contributed by atoms with Crippen LogP contribution in [0.25, 0.3) is 0 Å². The summed E-state index contributed by atoms with van der Waals surface area (Å²) in [5.41, 5.74) is 0.187. The molecular weight excluding hydrogens is 342 g/mol. The molecule has 5 heteroatoms.